The van der Waals surface area contributed by atoms with E-state index in [2.05, 4.69) is 15.8 Å². The van der Waals surface area contributed by atoms with Gasteiger partial charge in [-0.3, -0.25) is 24.8 Å². The zero-order valence-corrected chi connectivity index (χ0v) is 12.2. The van der Waals surface area contributed by atoms with Crippen molar-refractivity contribution in [3.63, 3.8) is 0 Å². The van der Waals surface area contributed by atoms with Crippen molar-refractivity contribution >= 4 is 29.2 Å². The van der Waals surface area contributed by atoms with Crippen molar-refractivity contribution in [2.24, 2.45) is 0 Å². The van der Waals surface area contributed by atoms with Gasteiger partial charge in [0, 0.05) is 18.4 Å². The lowest BCUT2D eigenvalue weighted by atomic mass is 10.3. The average molecular weight is 292 g/mol. The van der Waals surface area contributed by atoms with Gasteiger partial charge in [-0.05, 0) is 25.3 Å². The number of thioether (sulfide) groups is 1. The lowest BCUT2D eigenvalue weighted by Gasteiger charge is -2.07. The molecule has 0 aliphatic rings. The summed E-state index contributed by atoms with van der Waals surface area (Å²) in [6, 6.07) is 5.50. The van der Waals surface area contributed by atoms with E-state index in [9.17, 15) is 9.59 Å². The SMILES string of the molecule is CSCCC(=O)NNC(=O)c1c(C)nc2ccccn12. The first kappa shape index (κ1) is 14.4. The van der Waals surface area contributed by atoms with E-state index in [1.165, 1.54) is 0 Å². The number of hydrazine groups is 1. The van der Waals surface area contributed by atoms with E-state index in [0.717, 1.165) is 5.75 Å². The Labute approximate surface area is 120 Å². The number of carbonyl (C=O) groups excluding carboxylic acids is 2. The molecule has 106 valence electrons. The van der Waals surface area contributed by atoms with E-state index < -0.39 is 0 Å². The van der Waals surface area contributed by atoms with Gasteiger partial charge in [0.05, 0.1) is 5.69 Å². The van der Waals surface area contributed by atoms with Gasteiger partial charge >= 0.3 is 0 Å². The van der Waals surface area contributed by atoms with Crippen molar-refractivity contribution in [1.29, 1.82) is 0 Å². The van der Waals surface area contributed by atoms with E-state index in [0.29, 0.717) is 23.5 Å². The van der Waals surface area contributed by atoms with Gasteiger partial charge < -0.3 is 0 Å². The van der Waals surface area contributed by atoms with E-state index >= 15 is 0 Å². The van der Waals surface area contributed by atoms with Crippen LogP contribution in [0.4, 0.5) is 0 Å². The van der Waals surface area contributed by atoms with Gasteiger partial charge in [-0.15, -0.1) is 0 Å². The first-order valence-electron chi connectivity index (χ1n) is 6.15. The number of hydrogen-bond acceptors (Lipinski definition) is 4. The van der Waals surface area contributed by atoms with Crippen LogP contribution in [0.1, 0.15) is 22.6 Å². The van der Waals surface area contributed by atoms with Crippen LogP contribution in [-0.2, 0) is 4.79 Å². The molecule has 0 radical (unpaired) electrons. The van der Waals surface area contributed by atoms with Crippen molar-refractivity contribution in [3.8, 4) is 0 Å². The topological polar surface area (TPSA) is 75.5 Å². The summed E-state index contributed by atoms with van der Waals surface area (Å²) in [5.41, 5.74) is 6.56. The van der Waals surface area contributed by atoms with Gasteiger partial charge in [0.1, 0.15) is 11.3 Å². The standard InChI is InChI=1S/C13H16N4O2S/c1-9-12(17-7-4-3-5-10(17)14-9)13(19)16-15-11(18)6-8-20-2/h3-5,7H,6,8H2,1-2H3,(H,15,18)(H,16,19). The van der Waals surface area contributed by atoms with Crippen LogP contribution in [-0.4, -0.2) is 33.2 Å². The third-order valence-corrected chi connectivity index (χ3v) is 3.38. The van der Waals surface area contributed by atoms with Crippen molar-refractivity contribution in [1.82, 2.24) is 20.2 Å². The summed E-state index contributed by atoms with van der Waals surface area (Å²) in [5, 5.41) is 0. The molecular weight excluding hydrogens is 276 g/mol. The van der Waals surface area contributed by atoms with E-state index in [-0.39, 0.29) is 11.8 Å². The molecule has 0 bridgehead atoms. The molecule has 2 aromatic rings. The Morgan fingerprint density at radius 1 is 1.35 bits per heavy atom. The monoisotopic (exact) mass is 292 g/mol. The molecular formula is C13H16N4O2S. The predicted octanol–water partition coefficient (Wildman–Crippen LogP) is 1.16. The van der Waals surface area contributed by atoms with Crippen LogP contribution in [0.15, 0.2) is 24.4 Å². The van der Waals surface area contributed by atoms with Crippen LogP contribution >= 0.6 is 11.8 Å². The smallest absolute Gasteiger partial charge is 0.288 e. The number of nitrogens with zero attached hydrogens (tertiary/aromatic N) is 2. The number of amides is 2. The molecule has 2 N–H and O–H groups in total. The van der Waals surface area contributed by atoms with Crippen LogP contribution in [0.3, 0.4) is 0 Å². The number of aromatic nitrogens is 2. The third-order valence-electron chi connectivity index (χ3n) is 2.77. The Kier molecular flexibility index (Phi) is 4.62. The molecule has 0 unspecified atom stereocenters. The molecule has 0 saturated heterocycles. The number of aryl methyl sites for hydroxylation is 1. The van der Waals surface area contributed by atoms with Crippen molar-refractivity contribution in [3.05, 3.63) is 35.8 Å². The van der Waals surface area contributed by atoms with E-state index in [1.54, 1.807) is 29.3 Å². The zero-order valence-electron chi connectivity index (χ0n) is 11.3. The van der Waals surface area contributed by atoms with Gasteiger partial charge in [-0.25, -0.2) is 4.98 Å². The maximum atomic E-state index is 12.1. The summed E-state index contributed by atoms with van der Waals surface area (Å²) in [4.78, 5) is 27.9. The second-order valence-electron chi connectivity index (χ2n) is 4.22. The second kappa shape index (κ2) is 6.42. The number of hydrogen-bond donors (Lipinski definition) is 2. The Morgan fingerprint density at radius 2 is 2.15 bits per heavy atom. The number of carbonyl (C=O) groups is 2. The third kappa shape index (κ3) is 3.11. The molecule has 6 nitrogen and oxygen atoms in total. The largest absolute Gasteiger partial charge is 0.295 e. The maximum absolute atomic E-state index is 12.1. The molecule has 20 heavy (non-hydrogen) atoms. The first-order valence-corrected chi connectivity index (χ1v) is 7.54. The summed E-state index contributed by atoms with van der Waals surface area (Å²) in [6.07, 6.45) is 4.06. The number of pyridine rings is 1. The fourth-order valence-electron chi connectivity index (χ4n) is 1.83. The minimum absolute atomic E-state index is 0.209. The lowest BCUT2D eigenvalue weighted by molar-refractivity contribution is -0.121. The Bertz CT molecular complexity index is 638. The highest BCUT2D eigenvalue weighted by Gasteiger charge is 2.16. The van der Waals surface area contributed by atoms with Crippen LogP contribution in [0.5, 0.6) is 0 Å². The molecule has 2 heterocycles. The predicted molar refractivity (Wildman–Crippen MR) is 78.5 cm³/mol. The van der Waals surface area contributed by atoms with Crippen LogP contribution < -0.4 is 10.9 Å². The molecule has 0 spiro atoms. The summed E-state index contributed by atoms with van der Waals surface area (Å²) >= 11 is 1.58. The summed E-state index contributed by atoms with van der Waals surface area (Å²) in [5.74, 6) is 0.133. The summed E-state index contributed by atoms with van der Waals surface area (Å²) in [7, 11) is 0. The molecule has 2 aromatic heterocycles. The van der Waals surface area contributed by atoms with Gasteiger partial charge in [0.25, 0.3) is 5.91 Å². The highest BCUT2D eigenvalue weighted by molar-refractivity contribution is 7.98. The van der Waals surface area contributed by atoms with E-state index in [4.69, 9.17) is 0 Å². The van der Waals surface area contributed by atoms with Crippen LogP contribution in [0.25, 0.3) is 5.65 Å². The fourth-order valence-corrected chi connectivity index (χ4v) is 2.22. The number of nitrogens with one attached hydrogen (secondary N) is 2. The molecule has 0 aliphatic carbocycles. The quantitative estimate of drug-likeness (QED) is 0.829. The highest BCUT2D eigenvalue weighted by Crippen LogP contribution is 2.11. The van der Waals surface area contributed by atoms with Gasteiger partial charge in [0.2, 0.25) is 5.91 Å². The molecule has 7 heteroatoms. The van der Waals surface area contributed by atoms with Gasteiger partial charge in [0.15, 0.2) is 0 Å². The molecule has 0 atom stereocenters. The second-order valence-corrected chi connectivity index (χ2v) is 5.21. The minimum atomic E-state index is -0.376. The molecule has 0 saturated carbocycles. The highest BCUT2D eigenvalue weighted by atomic mass is 32.2. The van der Waals surface area contributed by atoms with Gasteiger partial charge in [-0.1, -0.05) is 6.07 Å². The molecule has 0 fully saturated rings. The maximum Gasteiger partial charge on any atom is 0.288 e. The van der Waals surface area contributed by atoms with Crippen molar-refractivity contribution in [2.45, 2.75) is 13.3 Å². The van der Waals surface area contributed by atoms with Crippen LogP contribution in [0, 0.1) is 6.92 Å². The number of rotatable bonds is 4. The Morgan fingerprint density at radius 3 is 2.90 bits per heavy atom. The molecule has 2 amide bonds. The van der Waals surface area contributed by atoms with Crippen LogP contribution in [0.2, 0.25) is 0 Å². The fraction of sp³-hybridized carbons (Fsp3) is 0.308. The average Bonchev–Trinajstić information content (AvgIpc) is 2.78. The van der Waals surface area contributed by atoms with Crippen molar-refractivity contribution < 1.29 is 9.59 Å². The summed E-state index contributed by atoms with van der Waals surface area (Å²) < 4.78 is 1.69. The Hall–Kier alpha value is -2.02. The first-order chi connectivity index (χ1) is 9.63. The molecule has 2 rings (SSSR count). The van der Waals surface area contributed by atoms with Gasteiger partial charge in [-0.2, -0.15) is 11.8 Å². The molecule has 0 aliphatic heterocycles. The zero-order chi connectivity index (χ0) is 14.5. The van der Waals surface area contributed by atoms with E-state index in [1.807, 2.05) is 24.5 Å². The number of fused-ring (bicyclic) bond motifs is 1. The minimum Gasteiger partial charge on any atom is -0.295 e. The van der Waals surface area contributed by atoms with Crippen molar-refractivity contribution in [2.75, 3.05) is 12.0 Å². The summed E-state index contributed by atoms with van der Waals surface area (Å²) in [6.45, 7) is 1.76. The normalized spacial score (nSPS) is 10.5. The Balaban J connectivity index is 2.08. The lowest BCUT2D eigenvalue weighted by Crippen LogP contribution is -2.42. The molecule has 0 aromatic carbocycles. The number of imidazole rings is 1.